The molecule has 0 saturated carbocycles. The summed E-state index contributed by atoms with van der Waals surface area (Å²) in [5.74, 6) is 1.35. The molecule has 0 aliphatic heterocycles. The van der Waals surface area contributed by atoms with E-state index in [4.69, 9.17) is 14.2 Å². The third-order valence-electron chi connectivity index (χ3n) is 6.07. The highest BCUT2D eigenvalue weighted by Gasteiger charge is 2.36. The predicted molar refractivity (Wildman–Crippen MR) is 146 cm³/mol. The van der Waals surface area contributed by atoms with Gasteiger partial charge in [0.1, 0.15) is 29.0 Å². The number of aromatic nitrogens is 6. The van der Waals surface area contributed by atoms with Crippen molar-refractivity contribution in [2.75, 3.05) is 14.2 Å². The second kappa shape index (κ2) is 11.9. The Morgan fingerprint density at radius 2 is 1.59 bits per heavy atom. The van der Waals surface area contributed by atoms with Gasteiger partial charge in [-0.3, -0.25) is 9.55 Å². The average molecular weight is 553 g/mol. The van der Waals surface area contributed by atoms with E-state index in [0.29, 0.717) is 34.4 Å². The lowest BCUT2D eigenvalue weighted by atomic mass is 10.2. The van der Waals surface area contributed by atoms with Crippen LogP contribution in [0.1, 0.15) is 44.1 Å². The van der Waals surface area contributed by atoms with Gasteiger partial charge in [-0.05, 0) is 57.5 Å². The number of rotatable bonds is 11. The van der Waals surface area contributed by atoms with Crippen molar-refractivity contribution < 1.29 is 22.6 Å². The van der Waals surface area contributed by atoms with E-state index in [1.165, 1.54) is 14.2 Å². The monoisotopic (exact) mass is 552 g/mol. The summed E-state index contributed by atoms with van der Waals surface area (Å²) in [5.41, 5.74) is 1.98. The van der Waals surface area contributed by atoms with E-state index >= 15 is 0 Å². The van der Waals surface area contributed by atoms with Gasteiger partial charge in [0, 0.05) is 30.4 Å². The van der Waals surface area contributed by atoms with E-state index in [2.05, 4.69) is 25.1 Å². The Labute approximate surface area is 228 Å². The zero-order valence-corrected chi connectivity index (χ0v) is 23.6. The van der Waals surface area contributed by atoms with Crippen LogP contribution < -0.4 is 9.47 Å². The van der Waals surface area contributed by atoms with Crippen LogP contribution in [0.25, 0.3) is 17.1 Å². The Morgan fingerprint density at radius 3 is 2.15 bits per heavy atom. The molecule has 0 aliphatic rings. The molecule has 2 atom stereocenters. The Bertz CT molecular complexity index is 1490. The first-order valence-corrected chi connectivity index (χ1v) is 14.1. The Morgan fingerprint density at radius 1 is 0.923 bits per heavy atom. The molecular weight excluding hydrogens is 520 g/mol. The summed E-state index contributed by atoms with van der Waals surface area (Å²) in [6, 6.07) is 8.88. The second-order valence-corrected chi connectivity index (χ2v) is 11.6. The predicted octanol–water partition coefficient (Wildman–Crippen LogP) is 3.91. The molecule has 0 aliphatic carbocycles. The van der Waals surface area contributed by atoms with E-state index < -0.39 is 26.9 Å². The van der Waals surface area contributed by atoms with Crippen molar-refractivity contribution in [3.8, 4) is 28.6 Å². The lowest BCUT2D eigenvalue weighted by Gasteiger charge is -2.25. The molecule has 11 nitrogen and oxygen atoms in total. The zero-order valence-electron chi connectivity index (χ0n) is 22.8. The number of nitrogens with zero attached hydrogens (tertiary/aromatic N) is 6. The first-order chi connectivity index (χ1) is 18.7. The molecule has 0 amide bonds. The molecule has 0 bridgehead atoms. The summed E-state index contributed by atoms with van der Waals surface area (Å²) >= 11 is 0. The molecule has 0 spiro atoms. The molecule has 206 valence electrons. The van der Waals surface area contributed by atoms with Gasteiger partial charge in [0.05, 0.1) is 25.6 Å². The lowest BCUT2D eigenvalue weighted by molar-refractivity contribution is 0.00141. The largest absolute Gasteiger partial charge is 0.494 e. The quantitative estimate of drug-likeness (QED) is 0.270. The standard InChI is InChI=1S/C27H32N6O5S/c1-17(2)38-25(26-29-13-18(3)14-30-26)19(4)39(34,35)16-23-31-32-27(20-9-8-12-28-15-20)33(23)24-21(36-5)10-7-11-22(24)37-6/h7-15,17,19,25H,16H2,1-6H3/t19-,25+/m0/s1. The van der Waals surface area contributed by atoms with Gasteiger partial charge in [0.25, 0.3) is 0 Å². The van der Waals surface area contributed by atoms with E-state index in [0.717, 1.165) is 5.56 Å². The van der Waals surface area contributed by atoms with Gasteiger partial charge in [-0.2, -0.15) is 0 Å². The van der Waals surface area contributed by atoms with Crippen LogP contribution in [0, 0.1) is 6.92 Å². The fourth-order valence-corrected chi connectivity index (χ4v) is 5.47. The number of ether oxygens (including phenoxy) is 3. The van der Waals surface area contributed by atoms with Crippen LogP contribution in [-0.2, 0) is 20.3 Å². The van der Waals surface area contributed by atoms with Gasteiger partial charge in [0.2, 0.25) is 0 Å². The van der Waals surface area contributed by atoms with Gasteiger partial charge in [-0.1, -0.05) is 6.07 Å². The molecule has 4 rings (SSSR count). The van der Waals surface area contributed by atoms with Crippen LogP contribution in [0.2, 0.25) is 0 Å². The summed E-state index contributed by atoms with van der Waals surface area (Å²) in [7, 11) is -0.824. The van der Waals surface area contributed by atoms with Gasteiger partial charge in [-0.25, -0.2) is 18.4 Å². The molecule has 12 heteroatoms. The van der Waals surface area contributed by atoms with Gasteiger partial charge in [0.15, 0.2) is 27.3 Å². The normalized spacial score (nSPS) is 13.3. The number of hydrogen-bond donors (Lipinski definition) is 0. The molecule has 3 heterocycles. The molecule has 3 aromatic heterocycles. The molecule has 0 N–H and O–H groups in total. The Kier molecular flexibility index (Phi) is 8.56. The number of methoxy groups -OCH3 is 2. The van der Waals surface area contributed by atoms with E-state index in [1.54, 1.807) is 60.5 Å². The number of para-hydroxylation sites is 1. The molecule has 0 unspecified atom stereocenters. The molecule has 4 aromatic rings. The van der Waals surface area contributed by atoms with Crippen LogP contribution in [0.4, 0.5) is 0 Å². The number of benzene rings is 1. The van der Waals surface area contributed by atoms with E-state index in [1.807, 2.05) is 26.8 Å². The fourth-order valence-electron chi connectivity index (χ4n) is 4.10. The third kappa shape index (κ3) is 6.07. The van der Waals surface area contributed by atoms with Crippen molar-refractivity contribution >= 4 is 9.84 Å². The van der Waals surface area contributed by atoms with Crippen molar-refractivity contribution in [1.29, 1.82) is 0 Å². The van der Waals surface area contributed by atoms with Gasteiger partial charge >= 0.3 is 0 Å². The molecule has 0 radical (unpaired) electrons. The summed E-state index contributed by atoms with van der Waals surface area (Å²) in [6.07, 6.45) is 5.42. The van der Waals surface area contributed by atoms with Crippen molar-refractivity contribution in [2.45, 2.75) is 50.9 Å². The average Bonchev–Trinajstić information content (AvgIpc) is 3.33. The highest BCUT2D eigenvalue weighted by Crippen LogP contribution is 2.37. The van der Waals surface area contributed by atoms with Gasteiger partial charge in [-0.15, -0.1) is 10.2 Å². The van der Waals surface area contributed by atoms with E-state index in [-0.39, 0.29) is 11.9 Å². The Balaban J connectivity index is 1.83. The highest BCUT2D eigenvalue weighted by atomic mass is 32.2. The van der Waals surface area contributed by atoms with Crippen LogP contribution >= 0.6 is 0 Å². The van der Waals surface area contributed by atoms with Crippen LogP contribution in [0.5, 0.6) is 11.5 Å². The molecular formula is C27H32N6O5S. The van der Waals surface area contributed by atoms with E-state index in [9.17, 15) is 8.42 Å². The zero-order chi connectivity index (χ0) is 28.2. The van der Waals surface area contributed by atoms with Crippen molar-refractivity contribution in [3.05, 3.63) is 72.3 Å². The molecule has 39 heavy (non-hydrogen) atoms. The van der Waals surface area contributed by atoms with Gasteiger partial charge < -0.3 is 14.2 Å². The SMILES string of the molecule is COc1cccc(OC)c1-n1c(CS(=O)(=O)[C@@H](C)[C@@H](OC(C)C)c2ncc(C)cn2)nnc1-c1cccnc1. The maximum Gasteiger partial charge on any atom is 0.170 e. The van der Waals surface area contributed by atoms with Crippen molar-refractivity contribution in [2.24, 2.45) is 0 Å². The maximum absolute atomic E-state index is 13.9. The lowest BCUT2D eigenvalue weighted by Crippen LogP contribution is -2.32. The topological polar surface area (TPSA) is 131 Å². The van der Waals surface area contributed by atoms with Crippen LogP contribution in [0.3, 0.4) is 0 Å². The molecule has 0 saturated heterocycles. The summed E-state index contributed by atoms with van der Waals surface area (Å²) in [5, 5.41) is 7.68. The fraction of sp³-hybridized carbons (Fsp3) is 0.370. The Hall–Kier alpha value is -3.90. The maximum atomic E-state index is 13.9. The highest BCUT2D eigenvalue weighted by molar-refractivity contribution is 7.91. The number of pyridine rings is 1. The first-order valence-electron chi connectivity index (χ1n) is 12.4. The third-order valence-corrected chi connectivity index (χ3v) is 8.11. The smallest absolute Gasteiger partial charge is 0.170 e. The van der Waals surface area contributed by atoms with Crippen molar-refractivity contribution in [1.82, 2.24) is 29.7 Å². The number of sulfone groups is 1. The summed E-state index contributed by atoms with van der Waals surface area (Å²) in [6.45, 7) is 7.13. The second-order valence-electron chi connectivity index (χ2n) is 9.26. The minimum atomic E-state index is -3.88. The minimum absolute atomic E-state index is 0.177. The van der Waals surface area contributed by atoms with Crippen LogP contribution in [-0.4, -0.2) is 63.7 Å². The number of hydrogen-bond acceptors (Lipinski definition) is 10. The minimum Gasteiger partial charge on any atom is -0.494 e. The first kappa shape index (κ1) is 28.1. The summed E-state index contributed by atoms with van der Waals surface area (Å²) in [4.78, 5) is 12.9. The van der Waals surface area contributed by atoms with Crippen LogP contribution in [0.15, 0.2) is 55.1 Å². The number of aryl methyl sites for hydroxylation is 1. The molecule has 0 fully saturated rings. The molecule has 1 aromatic carbocycles. The van der Waals surface area contributed by atoms with Crippen molar-refractivity contribution in [3.63, 3.8) is 0 Å². The summed E-state index contributed by atoms with van der Waals surface area (Å²) < 4.78 is 46.7.